The largest absolute Gasteiger partial charge is 0.592 e. The van der Waals surface area contributed by atoms with E-state index < -0.39 is 0 Å². The Labute approximate surface area is 411 Å². The molecule has 23 heteroatoms. The van der Waals surface area contributed by atoms with Crippen LogP contribution in [0, 0.1) is 0 Å². The molecule has 0 unspecified atom stereocenters. The van der Waals surface area contributed by atoms with Crippen LogP contribution in [-0.2, 0) is 47.4 Å². The van der Waals surface area contributed by atoms with E-state index in [9.17, 15) is 0 Å². The quantitative estimate of drug-likeness (QED) is 0.131. The number of benzene rings is 1. The van der Waals surface area contributed by atoms with Gasteiger partial charge in [-0.15, -0.1) is 32.0 Å². The van der Waals surface area contributed by atoms with Gasteiger partial charge in [0.25, 0.3) is 11.6 Å². The summed E-state index contributed by atoms with van der Waals surface area (Å²) in [4.78, 5) is 16.7. The van der Waals surface area contributed by atoms with Gasteiger partial charge in [0.2, 0.25) is 50.4 Å². The predicted molar refractivity (Wildman–Crippen MR) is 248 cm³/mol. The van der Waals surface area contributed by atoms with E-state index in [1.54, 1.807) is 19.6 Å². The summed E-state index contributed by atoms with van der Waals surface area (Å²) in [6.45, 7) is 4.04. The van der Waals surface area contributed by atoms with Gasteiger partial charge >= 0.3 is 53.1 Å². The maximum absolute atomic E-state index is 5.99. The SMILES string of the molecule is C[n+]1ccc[n+]2c1-c1cncn1C2.C[n+]1ccc[n+]2c1-c1nccn1C2.[B][n+]1ccc[n+]2c1-c1cc(-c3ccccc3)nn1C2.[B][n+]1ccc[n+]2c1-c1cncn1C2.[B][n+]1ccc[n+]2c1-c1nccn1C2. The van der Waals surface area contributed by atoms with Crippen LogP contribution in [0.15, 0.2) is 179 Å². The van der Waals surface area contributed by atoms with Gasteiger partial charge in [0.1, 0.15) is 26.7 Å². The molecule has 15 heterocycles. The van der Waals surface area contributed by atoms with Crippen molar-refractivity contribution in [1.82, 2.24) is 48.0 Å². The van der Waals surface area contributed by atoms with Gasteiger partial charge in [-0.05, 0) is 0 Å². The Morgan fingerprint density at radius 2 is 0.901 bits per heavy atom. The smallest absolute Gasteiger partial charge is 0.263 e. The first-order chi connectivity index (χ1) is 34.8. The molecule has 336 valence electrons. The summed E-state index contributed by atoms with van der Waals surface area (Å²) in [5.74, 6) is 7.23. The number of rotatable bonds is 1. The van der Waals surface area contributed by atoms with E-state index in [-0.39, 0.29) is 0 Å². The van der Waals surface area contributed by atoms with Crippen molar-refractivity contribution in [3.63, 3.8) is 0 Å². The summed E-state index contributed by atoms with van der Waals surface area (Å²) in [5, 5.41) is 4.64. The van der Waals surface area contributed by atoms with Gasteiger partial charge in [0.15, 0.2) is 62.0 Å². The van der Waals surface area contributed by atoms with Crippen LogP contribution in [-0.4, -0.2) is 71.9 Å². The molecule has 16 rings (SSSR count). The van der Waals surface area contributed by atoms with Crippen LogP contribution in [0.3, 0.4) is 0 Å². The predicted octanol–water partition coefficient (Wildman–Crippen LogP) is -2.74. The maximum Gasteiger partial charge on any atom is 0.592 e. The van der Waals surface area contributed by atoms with Gasteiger partial charge in [-0.2, -0.15) is 9.78 Å². The molecule has 0 fully saturated rings. The first-order valence-corrected chi connectivity index (χ1v) is 22.8. The first-order valence-electron chi connectivity index (χ1n) is 22.8. The average molecular weight is 934 g/mol. The molecule has 0 N–H and O–H groups in total. The Hall–Kier alpha value is -9.14. The van der Waals surface area contributed by atoms with Gasteiger partial charge in [0.05, 0.1) is 48.4 Å². The lowest BCUT2D eigenvalue weighted by atomic mass is 10.1. The number of hydrogen-bond acceptors (Lipinski definition) is 5. The van der Waals surface area contributed by atoms with E-state index in [0.717, 1.165) is 84.3 Å². The number of aromatic nitrogens is 20. The number of nitrogens with zero attached hydrogens (tertiary/aromatic N) is 20. The maximum atomic E-state index is 5.99. The van der Waals surface area contributed by atoms with Crippen molar-refractivity contribution >= 4 is 23.9 Å². The molecule has 0 atom stereocenters. The van der Waals surface area contributed by atoms with Crippen LogP contribution in [0.2, 0.25) is 0 Å². The molecule has 6 radical (unpaired) electrons. The second-order valence-corrected chi connectivity index (χ2v) is 17.3. The van der Waals surface area contributed by atoms with Crippen LogP contribution < -0.4 is 45.4 Å². The van der Waals surface area contributed by atoms with E-state index in [1.165, 1.54) is 11.5 Å². The molecule has 0 saturated heterocycles. The van der Waals surface area contributed by atoms with Gasteiger partial charge in [0, 0.05) is 36.4 Å². The summed E-state index contributed by atoms with van der Waals surface area (Å²) in [5.41, 5.74) is 5.38. The minimum atomic E-state index is 0.704. The fourth-order valence-electron chi connectivity index (χ4n) is 9.55. The van der Waals surface area contributed by atoms with Crippen molar-refractivity contribution in [2.24, 2.45) is 14.1 Å². The van der Waals surface area contributed by atoms with Crippen LogP contribution in [0.4, 0.5) is 0 Å². The third-order valence-corrected chi connectivity index (χ3v) is 12.7. The Balaban J connectivity index is 0.0000000919. The van der Waals surface area contributed by atoms with Crippen molar-refractivity contribution in [2.45, 2.75) is 33.3 Å². The van der Waals surface area contributed by atoms with Crippen molar-refractivity contribution in [2.75, 3.05) is 0 Å². The zero-order chi connectivity index (χ0) is 48.2. The van der Waals surface area contributed by atoms with E-state index >= 15 is 0 Å². The molecular formula is C48H45B3N20+10. The number of hydrogen-bond donors (Lipinski definition) is 0. The molecule has 0 amide bonds. The van der Waals surface area contributed by atoms with E-state index in [2.05, 4.69) is 119 Å². The first kappa shape index (κ1) is 43.2. The molecule has 71 heavy (non-hydrogen) atoms. The van der Waals surface area contributed by atoms with Crippen LogP contribution >= 0.6 is 0 Å². The third kappa shape index (κ3) is 7.76. The average Bonchev–Trinajstić information content (AvgIpc) is 4.20. The summed E-state index contributed by atoms with van der Waals surface area (Å²) in [6.07, 6.45) is 34.7. The highest BCUT2D eigenvalue weighted by molar-refractivity contribution is 5.96. The Bertz CT molecular complexity index is 3440. The number of fused-ring (bicyclic) bond motifs is 15. The van der Waals surface area contributed by atoms with Gasteiger partial charge in [-0.1, -0.05) is 30.3 Å². The highest BCUT2D eigenvalue weighted by Gasteiger charge is 2.39. The molecule has 0 aliphatic carbocycles. The van der Waals surface area contributed by atoms with E-state index in [1.807, 2.05) is 147 Å². The van der Waals surface area contributed by atoms with Crippen LogP contribution in [0.1, 0.15) is 0 Å². The standard InChI is InChI=1S/C14H11BN4.2C9H10N4.2C8H7BN4/c15-18-8-4-7-17-10-19-13(14(17)18)9-12(16-19)11-5-2-1-3-6-11;1-11-4-2-5-13-7-12-6-3-10-8(12)9(11)13;1-11-3-2-4-12-7-13-6-10-5-8(13)9(11)12;9-13-4-1-3-12-6-11-5-2-10-7(11)8(12)13;9-13-3-1-2-11-6-12-5-10-4-7(12)8(11)13/h1-9H,10H2;2*2-6H,7H2,1H3;2*1-5H,6H2/q5*+2. The molecule has 1 aromatic carbocycles. The van der Waals surface area contributed by atoms with Gasteiger partial charge in [-0.25, -0.2) is 33.4 Å². The molecule has 0 saturated carbocycles. The monoisotopic (exact) mass is 934 g/mol. The minimum Gasteiger partial charge on any atom is -0.263 e. The topological polar surface area (TPSA) is 128 Å². The zero-order valence-electron chi connectivity index (χ0n) is 39.0. The van der Waals surface area contributed by atoms with Gasteiger partial charge in [-0.3, -0.25) is 18.3 Å². The molecule has 11 aromatic rings. The third-order valence-electron chi connectivity index (χ3n) is 12.7. The van der Waals surface area contributed by atoms with E-state index in [0.29, 0.717) is 6.67 Å². The molecule has 0 spiro atoms. The summed E-state index contributed by atoms with van der Waals surface area (Å²) >= 11 is 0. The lowest BCUT2D eigenvalue weighted by molar-refractivity contribution is -0.793. The summed E-state index contributed by atoms with van der Waals surface area (Å²) in [6, 6.07) is 22.1. The normalized spacial score (nSPS) is 12.5. The number of aryl methyl sites for hydroxylation is 2. The Kier molecular flexibility index (Phi) is 10.8. The lowest BCUT2D eigenvalue weighted by Crippen LogP contribution is -2.47. The summed E-state index contributed by atoms with van der Waals surface area (Å²) < 4.78 is 30.0. The van der Waals surface area contributed by atoms with Gasteiger partial charge < -0.3 is 0 Å². The molecule has 10 aromatic heterocycles. The van der Waals surface area contributed by atoms with Crippen molar-refractivity contribution in [3.05, 3.63) is 179 Å². The highest BCUT2D eigenvalue weighted by atomic mass is 15.4. The molecular weight excluding hydrogens is 889 g/mol. The Morgan fingerprint density at radius 3 is 1.51 bits per heavy atom. The second-order valence-electron chi connectivity index (χ2n) is 17.3. The summed E-state index contributed by atoms with van der Waals surface area (Å²) in [7, 11) is 21.7. The van der Waals surface area contributed by atoms with Crippen LogP contribution in [0.5, 0.6) is 0 Å². The Morgan fingerprint density at radius 1 is 0.451 bits per heavy atom. The molecule has 5 aliphatic rings. The van der Waals surface area contributed by atoms with Crippen molar-refractivity contribution < 1.29 is 45.4 Å². The minimum absolute atomic E-state index is 0.704. The highest BCUT2D eigenvalue weighted by Crippen LogP contribution is 2.25. The fourth-order valence-corrected chi connectivity index (χ4v) is 9.55. The molecule has 0 bridgehead atoms. The fraction of sp³-hybridized carbons (Fsp3) is 0.146. The molecule has 20 nitrogen and oxygen atoms in total. The van der Waals surface area contributed by atoms with Crippen molar-refractivity contribution in [3.8, 4) is 69.1 Å². The van der Waals surface area contributed by atoms with E-state index in [4.69, 9.17) is 23.9 Å². The lowest BCUT2D eigenvalue weighted by Gasteiger charge is -1.95. The second kappa shape index (κ2) is 17.7. The van der Waals surface area contributed by atoms with Crippen molar-refractivity contribution in [1.29, 1.82) is 0 Å². The van der Waals surface area contributed by atoms with Crippen LogP contribution in [0.25, 0.3) is 69.1 Å². The zero-order valence-corrected chi connectivity index (χ0v) is 39.0. The molecule has 5 aliphatic heterocycles. The number of imidazole rings is 4.